The molecule has 7 nitrogen and oxygen atoms in total. The number of carbonyl (C=O) groups is 3. The molecule has 8 heteroatoms. The Morgan fingerprint density at radius 1 is 0.963 bits per heavy atom. The molecule has 0 aliphatic rings. The maximum absolute atomic E-state index is 11.8. The fraction of sp³-hybridized carbons (Fsp3) is 0.211. The first-order chi connectivity index (χ1) is 12.8. The standard InChI is InChI=1S/C19H19ClN2O5/c1-22(2)19(25)13-3-7-15(8-4-13)21-17(23)11-27-18(24)12-26-16-9-5-14(20)6-10-16/h3-10H,11-12H2,1-2H3,(H,21,23). The summed E-state index contributed by atoms with van der Waals surface area (Å²) < 4.78 is 10.1. The molecule has 0 aromatic heterocycles. The van der Waals surface area contributed by atoms with E-state index in [1.807, 2.05) is 0 Å². The summed E-state index contributed by atoms with van der Waals surface area (Å²) in [5.74, 6) is -0.843. The zero-order valence-corrected chi connectivity index (χ0v) is 15.7. The van der Waals surface area contributed by atoms with Crippen molar-refractivity contribution in [1.82, 2.24) is 4.90 Å². The summed E-state index contributed by atoms with van der Waals surface area (Å²) in [6, 6.07) is 12.9. The molecule has 0 radical (unpaired) electrons. The average molecular weight is 391 g/mol. The number of benzene rings is 2. The van der Waals surface area contributed by atoms with E-state index in [0.717, 1.165) is 0 Å². The molecular formula is C19H19ClN2O5. The Bertz CT molecular complexity index is 804. The van der Waals surface area contributed by atoms with Crippen LogP contribution >= 0.6 is 11.6 Å². The lowest BCUT2D eigenvalue weighted by Crippen LogP contribution is -2.24. The molecule has 2 amide bonds. The number of halogens is 1. The summed E-state index contributed by atoms with van der Waals surface area (Å²) in [5, 5.41) is 3.13. The lowest BCUT2D eigenvalue weighted by molar-refractivity contribution is -0.149. The summed E-state index contributed by atoms with van der Waals surface area (Å²) in [5.41, 5.74) is 0.993. The first-order valence-electron chi connectivity index (χ1n) is 8.00. The van der Waals surface area contributed by atoms with Gasteiger partial charge in [0.1, 0.15) is 5.75 Å². The molecule has 0 aliphatic carbocycles. The number of carbonyl (C=O) groups excluding carboxylic acids is 3. The van der Waals surface area contributed by atoms with Crippen molar-refractivity contribution in [3.8, 4) is 5.75 Å². The second-order valence-electron chi connectivity index (χ2n) is 5.73. The van der Waals surface area contributed by atoms with Gasteiger partial charge in [0.05, 0.1) is 0 Å². The van der Waals surface area contributed by atoms with Crippen molar-refractivity contribution in [2.45, 2.75) is 0 Å². The molecular weight excluding hydrogens is 372 g/mol. The van der Waals surface area contributed by atoms with Gasteiger partial charge in [0.15, 0.2) is 13.2 Å². The van der Waals surface area contributed by atoms with E-state index in [1.165, 1.54) is 4.90 Å². The second kappa shape index (κ2) is 9.59. The van der Waals surface area contributed by atoms with E-state index in [1.54, 1.807) is 62.6 Å². The van der Waals surface area contributed by atoms with Crippen molar-refractivity contribution in [1.29, 1.82) is 0 Å². The van der Waals surface area contributed by atoms with Gasteiger partial charge in [0.2, 0.25) is 0 Å². The van der Waals surface area contributed by atoms with Crippen molar-refractivity contribution < 1.29 is 23.9 Å². The highest BCUT2D eigenvalue weighted by Crippen LogP contribution is 2.15. The molecule has 0 bridgehead atoms. The van der Waals surface area contributed by atoms with E-state index in [0.29, 0.717) is 22.0 Å². The molecule has 0 aliphatic heterocycles. The molecule has 0 fully saturated rings. The van der Waals surface area contributed by atoms with Crippen LogP contribution in [0.3, 0.4) is 0 Å². The van der Waals surface area contributed by atoms with Crippen LogP contribution in [0.1, 0.15) is 10.4 Å². The van der Waals surface area contributed by atoms with Gasteiger partial charge in [-0.25, -0.2) is 4.79 Å². The lowest BCUT2D eigenvalue weighted by Gasteiger charge is -2.11. The predicted molar refractivity (Wildman–Crippen MR) is 101 cm³/mol. The number of hydrogen-bond donors (Lipinski definition) is 1. The number of ether oxygens (including phenoxy) is 2. The fourth-order valence-electron chi connectivity index (χ4n) is 2.01. The zero-order valence-electron chi connectivity index (χ0n) is 14.9. The van der Waals surface area contributed by atoms with Crippen molar-refractivity contribution in [3.05, 3.63) is 59.1 Å². The van der Waals surface area contributed by atoms with E-state index in [9.17, 15) is 14.4 Å². The van der Waals surface area contributed by atoms with Gasteiger partial charge in [-0.3, -0.25) is 9.59 Å². The minimum atomic E-state index is -0.674. The van der Waals surface area contributed by atoms with Crippen LogP contribution < -0.4 is 10.1 Å². The van der Waals surface area contributed by atoms with Crippen LogP contribution in [0.25, 0.3) is 0 Å². The average Bonchev–Trinajstić information content (AvgIpc) is 2.66. The minimum Gasteiger partial charge on any atom is -0.482 e. The summed E-state index contributed by atoms with van der Waals surface area (Å²) >= 11 is 5.75. The van der Waals surface area contributed by atoms with Gasteiger partial charge in [-0.15, -0.1) is 0 Å². The highest BCUT2D eigenvalue weighted by Gasteiger charge is 2.10. The molecule has 0 unspecified atom stereocenters. The highest BCUT2D eigenvalue weighted by atomic mass is 35.5. The van der Waals surface area contributed by atoms with Gasteiger partial charge in [-0.1, -0.05) is 11.6 Å². The third kappa shape index (κ3) is 6.63. The first kappa shape index (κ1) is 20.3. The number of amides is 2. The topological polar surface area (TPSA) is 84.9 Å². The maximum atomic E-state index is 11.8. The van der Waals surface area contributed by atoms with Gasteiger partial charge in [0, 0.05) is 30.4 Å². The Kier molecular flexibility index (Phi) is 7.19. The van der Waals surface area contributed by atoms with Crippen molar-refractivity contribution >= 4 is 35.1 Å². The van der Waals surface area contributed by atoms with Crippen LogP contribution in [0, 0.1) is 0 Å². The molecule has 0 saturated carbocycles. The van der Waals surface area contributed by atoms with Crippen LogP contribution in [0.15, 0.2) is 48.5 Å². The van der Waals surface area contributed by atoms with E-state index in [-0.39, 0.29) is 12.5 Å². The summed E-state index contributed by atoms with van der Waals surface area (Å²) in [6.45, 7) is -0.766. The Balaban J connectivity index is 1.74. The van der Waals surface area contributed by atoms with Gasteiger partial charge in [-0.05, 0) is 48.5 Å². The fourth-order valence-corrected chi connectivity index (χ4v) is 2.14. The SMILES string of the molecule is CN(C)C(=O)c1ccc(NC(=O)COC(=O)COc2ccc(Cl)cc2)cc1. The van der Waals surface area contributed by atoms with Crippen LogP contribution in [-0.4, -0.2) is 50.0 Å². The smallest absolute Gasteiger partial charge is 0.344 e. The number of esters is 1. The number of nitrogens with zero attached hydrogens (tertiary/aromatic N) is 1. The van der Waals surface area contributed by atoms with Gasteiger partial charge in [0.25, 0.3) is 11.8 Å². The third-order valence-electron chi connectivity index (χ3n) is 3.36. The molecule has 0 saturated heterocycles. The van der Waals surface area contributed by atoms with Crippen molar-refractivity contribution in [2.75, 3.05) is 32.6 Å². The largest absolute Gasteiger partial charge is 0.482 e. The van der Waals surface area contributed by atoms with Crippen LogP contribution in [0.5, 0.6) is 5.75 Å². The molecule has 0 spiro atoms. The second-order valence-corrected chi connectivity index (χ2v) is 6.16. The first-order valence-corrected chi connectivity index (χ1v) is 8.38. The van der Waals surface area contributed by atoms with Crippen LogP contribution in [0.4, 0.5) is 5.69 Å². The summed E-state index contributed by atoms with van der Waals surface area (Å²) in [6.07, 6.45) is 0. The van der Waals surface area contributed by atoms with Crippen molar-refractivity contribution in [2.24, 2.45) is 0 Å². The molecule has 142 valence electrons. The molecule has 2 rings (SSSR count). The van der Waals surface area contributed by atoms with E-state index in [4.69, 9.17) is 21.1 Å². The Labute approximate surface area is 161 Å². The molecule has 2 aromatic carbocycles. The van der Waals surface area contributed by atoms with Gasteiger partial charge < -0.3 is 19.7 Å². The molecule has 27 heavy (non-hydrogen) atoms. The summed E-state index contributed by atoms with van der Waals surface area (Å²) in [4.78, 5) is 36.7. The van der Waals surface area contributed by atoms with Crippen LogP contribution in [0.2, 0.25) is 5.02 Å². The Morgan fingerprint density at radius 3 is 2.19 bits per heavy atom. The number of anilines is 1. The van der Waals surface area contributed by atoms with Crippen molar-refractivity contribution in [3.63, 3.8) is 0 Å². The van der Waals surface area contributed by atoms with Crippen LogP contribution in [-0.2, 0) is 14.3 Å². The monoisotopic (exact) mass is 390 g/mol. The Hall–Kier alpha value is -3.06. The number of nitrogens with one attached hydrogen (secondary N) is 1. The number of hydrogen-bond acceptors (Lipinski definition) is 5. The maximum Gasteiger partial charge on any atom is 0.344 e. The van der Waals surface area contributed by atoms with E-state index in [2.05, 4.69) is 5.32 Å². The minimum absolute atomic E-state index is 0.137. The molecule has 0 heterocycles. The molecule has 2 aromatic rings. The quantitative estimate of drug-likeness (QED) is 0.734. The van der Waals surface area contributed by atoms with E-state index < -0.39 is 18.5 Å². The summed E-state index contributed by atoms with van der Waals surface area (Å²) in [7, 11) is 3.31. The van der Waals surface area contributed by atoms with E-state index >= 15 is 0 Å². The predicted octanol–water partition coefficient (Wildman–Crippen LogP) is 2.60. The molecule has 0 atom stereocenters. The molecule has 1 N–H and O–H groups in total. The third-order valence-corrected chi connectivity index (χ3v) is 3.61. The van der Waals surface area contributed by atoms with Gasteiger partial charge >= 0.3 is 5.97 Å². The highest BCUT2D eigenvalue weighted by molar-refractivity contribution is 6.30. The zero-order chi connectivity index (χ0) is 19.8. The normalized spacial score (nSPS) is 10.0. The Morgan fingerprint density at radius 2 is 1.59 bits per heavy atom. The van der Waals surface area contributed by atoms with Gasteiger partial charge in [-0.2, -0.15) is 0 Å². The number of rotatable bonds is 7. The lowest BCUT2D eigenvalue weighted by atomic mass is 10.2.